The molecule has 1 fully saturated rings. The maximum absolute atomic E-state index is 11.6. The lowest BCUT2D eigenvalue weighted by molar-refractivity contribution is 0.413. The fourth-order valence-corrected chi connectivity index (χ4v) is 1.65. The number of rotatable bonds is 4. The van der Waals surface area contributed by atoms with Gasteiger partial charge in [-0.15, -0.1) is 6.58 Å². The number of hydrogen-bond donors (Lipinski definition) is 2. The molecule has 1 heterocycles. The topological polar surface area (TPSA) is 70.4 Å². The Morgan fingerprint density at radius 1 is 1.65 bits per heavy atom. The van der Waals surface area contributed by atoms with Crippen LogP contribution in [0.15, 0.2) is 22.4 Å². The number of aromatic hydroxyl groups is 1. The maximum Gasteiger partial charge on any atom is 0.264 e. The second-order valence-corrected chi connectivity index (χ2v) is 4.29. The molecule has 0 bridgehead atoms. The Morgan fingerprint density at radius 2 is 2.35 bits per heavy atom. The van der Waals surface area contributed by atoms with Crippen LogP contribution in [-0.2, 0) is 6.54 Å². The first-order valence-corrected chi connectivity index (χ1v) is 5.74. The second kappa shape index (κ2) is 4.67. The predicted octanol–water partition coefficient (Wildman–Crippen LogP) is 1.38. The molecule has 6 heteroatoms. The van der Waals surface area contributed by atoms with Crippen LogP contribution in [-0.4, -0.2) is 26.9 Å². The normalized spacial score (nSPS) is 15.3. The van der Waals surface area contributed by atoms with E-state index in [4.69, 9.17) is 12.2 Å². The molecule has 1 aliphatic carbocycles. The largest absolute Gasteiger partial charge is 0.494 e. The molecule has 0 amide bonds. The highest BCUT2D eigenvalue weighted by molar-refractivity contribution is 7.71. The summed E-state index contributed by atoms with van der Waals surface area (Å²) < 4.78 is 1.58. The Kier molecular flexibility index (Phi) is 3.23. The minimum absolute atomic E-state index is 0.146. The molecule has 0 radical (unpaired) electrons. The molecule has 90 valence electrons. The van der Waals surface area contributed by atoms with E-state index < -0.39 is 5.56 Å². The van der Waals surface area contributed by atoms with Crippen LogP contribution in [0.3, 0.4) is 0 Å². The predicted molar refractivity (Wildman–Crippen MR) is 68.4 cm³/mol. The fourth-order valence-electron chi connectivity index (χ4n) is 1.39. The molecule has 5 nitrogen and oxygen atoms in total. The van der Waals surface area contributed by atoms with Crippen molar-refractivity contribution in [3.63, 3.8) is 0 Å². The number of aromatic nitrogens is 2. The second-order valence-electron chi connectivity index (χ2n) is 3.91. The van der Waals surface area contributed by atoms with Gasteiger partial charge in [-0.3, -0.25) is 19.3 Å². The van der Waals surface area contributed by atoms with Gasteiger partial charge in [0, 0.05) is 12.8 Å². The molecule has 0 aliphatic heterocycles. The number of aliphatic imine (C=N–C) groups is 1. The Balaban J connectivity index is 2.49. The van der Waals surface area contributed by atoms with Gasteiger partial charge in [0.15, 0.2) is 4.77 Å². The Hall–Kier alpha value is -1.69. The Morgan fingerprint density at radius 3 is 2.94 bits per heavy atom. The van der Waals surface area contributed by atoms with E-state index >= 15 is 0 Å². The van der Waals surface area contributed by atoms with Crippen LogP contribution in [0.25, 0.3) is 0 Å². The van der Waals surface area contributed by atoms with Gasteiger partial charge < -0.3 is 5.11 Å². The summed E-state index contributed by atoms with van der Waals surface area (Å²) in [4.78, 5) is 18.3. The zero-order valence-electron chi connectivity index (χ0n) is 9.22. The first-order chi connectivity index (χ1) is 8.13. The summed E-state index contributed by atoms with van der Waals surface area (Å²) in [5.41, 5.74) is -0.274. The third-order valence-corrected chi connectivity index (χ3v) is 2.80. The fraction of sp³-hybridized carbons (Fsp3) is 0.364. The van der Waals surface area contributed by atoms with Gasteiger partial charge in [-0.05, 0) is 25.1 Å². The van der Waals surface area contributed by atoms with E-state index in [2.05, 4.69) is 16.6 Å². The van der Waals surface area contributed by atoms with Crippen molar-refractivity contribution >= 4 is 18.4 Å². The van der Waals surface area contributed by atoms with Crippen molar-refractivity contribution in [2.24, 2.45) is 4.99 Å². The van der Waals surface area contributed by atoms with Crippen LogP contribution in [0, 0.1) is 4.77 Å². The van der Waals surface area contributed by atoms with Crippen LogP contribution in [0.4, 0.5) is 0 Å². The van der Waals surface area contributed by atoms with Crippen LogP contribution in [0.2, 0.25) is 0 Å². The van der Waals surface area contributed by atoms with Gasteiger partial charge in [-0.2, -0.15) is 0 Å². The Bertz CT molecular complexity index is 581. The van der Waals surface area contributed by atoms with Gasteiger partial charge in [0.05, 0.1) is 6.04 Å². The van der Waals surface area contributed by atoms with E-state index in [1.807, 2.05) is 0 Å². The summed E-state index contributed by atoms with van der Waals surface area (Å²) in [5, 5.41) is 9.95. The number of aromatic amines is 1. The van der Waals surface area contributed by atoms with Crippen molar-refractivity contribution in [1.29, 1.82) is 0 Å². The summed E-state index contributed by atoms with van der Waals surface area (Å²) in [6.45, 7) is 3.91. The van der Waals surface area contributed by atoms with Crippen molar-refractivity contribution < 1.29 is 5.11 Å². The quantitative estimate of drug-likeness (QED) is 0.482. The number of H-pyrrole nitrogens is 1. The first-order valence-electron chi connectivity index (χ1n) is 5.33. The van der Waals surface area contributed by atoms with Gasteiger partial charge in [-0.1, -0.05) is 6.08 Å². The van der Waals surface area contributed by atoms with Crippen LogP contribution >= 0.6 is 12.2 Å². The molecule has 2 N–H and O–H groups in total. The summed E-state index contributed by atoms with van der Waals surface area (Å²) in [6, 6.07) is 0.296. The molecular formula is C11H13N3O2S. The van der Waals surface area contributed by atoms with Crippen molar-refractivity contribution in [2.75, 3.05) is 0 Å². The highest BCUT2D eigenvalue weighted by atomic mass is 32.1. The zero-order chi connectivity index (χ0) is 12.4. The van der Waals surface area contributed by atoms with E-state index in [-0.39, 0.29) is 16.2 Å². The lowest BCUT2D eigenvalue weighted by Gasteiger charge is -2.08. The van der Waals surface area contributed by atoms with Gasteiger partial charge in [0.2, 0.25) is 5.88 Å². The van der Waals surface area contributed by atoms with E-state index in [0.717, 1.165) is 12.8 Å². The summed E-state index contributed by atoms with van der Waals surface area (Å²) >= 11 is 4.96. The van der Waals surface area contributed by atoms with Crippen LogP contribution in [0.1, 0.15) is 18.4 Å². The van der Waals surface area contributed by atoms with Crippen molar-refractivity contribution in [1.82, 2.24) is 9.55 Å². The molecule has 0 spiro atoms. The number of hydrogen-bond acceptors (Lipinski definition) is 4. The van der Waals surface area contributed by atoms with Crippen LogP contribution < -0.4 is 5.56 Å². The minimum atomic E-state index is -0.419. The SMILES string of the molecule is C=CCn1c(O)c(C=NC2CC2)c(=O)[nH]c1=S. The van der Waals surface area contributed by atoms with Crippen molar-refractivity contribution in [3.8, 4) is 5.88 Å². The molecule has 2 rings (SSSR count). The summed E-state index contributed by atoms with van der Waals surface area (Å²) in [5.74, 6) is -0.164. The monoisotopic (exact) mass is 251 g/mol. The third-order valence-electron chi connectivity index (χ3n) is 2.48. The van der Waals surface area contributed by atoms with E-state index in [1.165, 1.54) is 10.8 Å². The number of nitrogens with zero attached hydrogens (tertiary/aromatic N) is 2. The van der Waals surface area contributed by atoms with Crippen LogP contribution in [0.5, 0.6) is 5.88 Å². The van der Waals surface area contributed by atoms with Gasteiger partial charge in [-0.25, -0.2) is 0 Å². The summed E-state index contributed by atoms with van der Waals surface area (Å²) in [6.07, 6.45) is 5.09. The molecule has 0 atom stereocenters. The minimum Gasteiger partial charge on any atom is -0.494 e. The molecule has 17 heavy (non-hydrogen) atoms. The molecule has 1 aromatic heterocycles. The third kappa shape index (κ3) is 2.52. The highest BCUT2D eigenvalue weighted by Crippen LogP contribution is 2.23. The van der Waals surface area contributed by atoms with Gasteiger partial charge in [0.25, 0.3) is 5.56 Å². The van der Waals surface area contributed by atoms with Crippen molar-refractivity contribution in [3.05, 3.63) is 33.3 Å². The molecule has 1 saturated carbocycles. The lowest BCUT2D eigenvalue weighted by atomic mass is 10.3. The highest BCUT2D eigenvalue weighted by Gasteiger charge is 2.19. The Labute approximate surface area is 103 Å². The average Bonchev–Trinajstić information content (AvgIpc) is 3.07. The average molecular weight is 251 g/mol. The standard InChI is InChI=1S/C11H13N3O2S/c1-2-5-14-10(16)8(6-12-7-3-4-7)9(15)13-11(14)17/h2,6-7,16H,1,3-5H2,(H,13,15,17). The molecule has 0 unspecified atom stereocenters. The molecule has 1 aliphatic rings. The van der Waals surface area contributed by atoms with E-state index in [9.17, 15) is 9.90 Å². The molecule has 0 saturated heterocycles. The van der Waals surface area contributed by atoms with Gasteiger partial charge in [0.1, 0.15) is 5.56 Å². The molecular weight excluding hydrogens is 238 g/mol. The summed E-state index contributed by atoms with van der Waals surface area (Å²) in [7, 11) is 0. The van der Waals surface area contributed by atoms with Gasteiger partial charge >= 0.3 is 0 Å². The molecule has 1 aromatic rings. The van der Waals surface area contributed by atoms with E-state index in [1.54, 1.807) is 6.08 Å². The van der Waals surface area contributed by atoms with Crippen molar-refractivity contribution in [2.45, 2.75) is 25.4 Å². The number of nitrogens with one attached hydrogen (secondary N) is 1. The first kappa shape index (κ1) is 11.8. The zero-order valence-corrected chi connectivity index (χ0v) is 10.0. The maximum atomic E-state index is 11.6. The number of allylic oxidation sites excluding steroid dienone is 1. The smallest absolute Gasteiger partial charge is 0.264 e. The lowest BCUT2D eigenvalue weighted by Crippen LogP contribution is -2.18. The van der Waals surface area contributed by atoms with E-state index in [0.29, 0.717) is 12.6 Å². The molecule has 0 aromatic carbocycles.